The Morgan fingerprint density at radius 3 is 2.68 bits per heavy atom. The second-order valence-electron chi connectivity index (χ2n) is 7.36. The number of aromatic hydroxyl groups is 1. The fourth-order valence-electron chi connectivity index (χ4n) is 2.76. The number of alkyl carbamates (subject to hydrolysis) is 1. The lowest BCUT2D eigenvalue weighted by Gasteiger charge is -2.33. The quantitative estimate of drug-likeness (QED) is 0.858. The number of nitrogens with zero attached hydrogens (tertiary/aromatic N) is 1. The number of likely N-dealkylation sites (tertiary alicyclic amines) is 1. The number of carbonyl (C=O) groups excluding carboxylic acids is 2. The minimum atomic E-state index is -0.754. The standard InChI is InChI=1S/C18H25FN2O4/c1-11-8-13(14(19)9-15(11)22)16(23)21-7-5-6-12(10-21)20-17(24)25-18(2,3)4/h8-9,12,22H,5-7,10H2,1-4H3,(H,20,24)/t12-/m1/s1. The Balaban J connectivity index is 2.04. The third kappa shape index (κ3) is 5.08. The number of phenols is 1. The van der Waals surface area contributed by atoms with Gasteiger partial charge < -0.3 is 20.1 Å². The zero-order valence-corrected chi connectivity index (χ0v) is 15.1. The van der Waals surface area contributed by atoms with E-state index in [9.17, 15) is 19.1 Å². The summed E-state index contributed by atoms with van der Waals surface area (Å²) in [6.45, 7) is 7.72. The summed E-state index contributed by atoms with van der Waals surface area (Å²) in [5, 5.41) is 12.3. The van der Waals surface area contributed by atoms with E-state index in [1.54, 1.807) is 27.7 Å². The molecule has 1 heterocycles. The maximum absolute atomic E-state index is 14.0. The van der Waals surface area contributed by atoms with Crippen molar-refractivity contribution in [3.63, 3.8) is 0 Å². The first-order valence-corrected chi connectivity index (χ1v) is 8.35. The van der Waals surface area contributed by atoms with E-state index < -0.39 is 23.4 Å². The second-order valence-corrected chi connectivity index (χ2v) is 7.36. The Morgan fingerprint density at radius 1 is 1.36 bits per heavy atom. The maximum Gasteiger partial charge on any atom is 0.407 e. The zero-order chi connectivity index (χ0) is 18.8. The Labute approximate surface area is 147 Å². The topological polar surface area (TPSA) is 78.9 Å². The molecule has 1 aliphatic heterocycles. The van der Waals surface area contributed by atoms with E-state index in [0.29, 0.717) is 18.5 Å². The molecule has 138 valence electrons. The van der Waals surface area contributed by atoms with Gasteiger partial charge in [0.25, 0.3) is 5.91 Å². The molecule has 1 aliphatic rings. The van der Waals surface area contributed by atoms with Crippen LogP contribution in [0.5, 0.6) is 5.75 Å². The SMILES string of the molecule is Cc1cc(C(=O)N2CCC[C@@H](NC(=O)OC(C)(C)C)C2)c(F)cc1O. The van der Waals surface area contributed by atoms with E-state index in [0.717, 1.165) is 12.5 Å². The molecule has 2 N–H and O–H groups in total. The number of phenolic OH excluding ortho intramolecular Hbond substituents is 1. The number of carbonyl (C=O) groups is 2. The van der Waals surface area contributed by atoms with E-state index >= 15 is 0 Å². The van der Waals surface area contributed by atoms with Crippen LogP contribution < -0.4 is 5.32 Å². The first-order valence-electron chi connectivity index (χ1n) is 8.35. The van der Waals surface area contributed by atoms with Crippen molar-refractivity contribution in [2.75, 3.05) is 13.1 Å². The molecule has 0 spiro atoms. The molecule has 1 saturated heterocycles. The van der Waals surface area contributed by atoms with Crippen molar-refractivity contribution in [3.8, 4) is 5.75 Å². The molecule has 0 saturated carbocycles. The number of amides is 2. The number of hydrogen-bond acceptors (Lipinski definition) is 4. The van der Waals surface area contributed by atoms with Gasteiger partial charge in [0.2, 0.25) is 0 Å². The Hall–Kier alpha value is -2.31. The summed E-state index contributed by atoms with van der Waals surface area (Å²) >= 11 is 0. The van der Waals surface area contributed by atoms with Gasteiger partial charge in [0.05, 0.1) is 5.56 Å². The number of benzene rings is 1. The lowest BCUT2D eigenvalue weighted by atomic mass is 10.0. The van der Waals surface area contributed by atoms with Gasteiger partial charge in [-0.3, -0.25) is 4.79 Å². The van der Waals surface area contributed by atoms with Crippen molar-refractivity contribution in [2.45, 2.75) is 52.2 Å². The van der Waals surface area contributed by atoms with Crippen LogP contribution in [-0.2, 0) is 4.74 Å². The Morgan fingerprint density at radius 2 is 2.04 bits per heavy atom. The number of piperidine rings is 1. The molecule has 2 amide bonds. The molecule has 1 aromatic rings. The number of ether oxygens (including phenoxy) is 1. The highest BCUT2D eigenvalue weighted by atomic mass is 19.1. The molecule has 1 atom stereocenters. The molecule has 7 heteroatoms. The summed E-state index contributed by atoms with van der Waals surface area (Å²) in [7, 11) is 0. The molecule has 1 aromatic carbocycles. The number of hydrogen-bond donors (Lipinski definition) is 2. The summed E-state index contributed by atoms with van der Waals surface area (Å²) in [4.78, 5) is 26.0. The largest absolute Gasteiger partial charge is 0.508 e. The summed E-state index contributed by atoms with van der Waals surface area (Å²) < 4.78 is 19.3. The third-order valence-corrected chi connectivity index (χ3v) is 3.95. The lowest BCUT2D eigenvalue weighted by molar-refractivity contribution is 0.0451. The molecule has 0 unspecified atom stereocenters. The van der Waals surface area contributed by atoms with E-state index in [4.69, 9.17) is 4.74 Å². The molecule has 0 radical (unpaired) electrons. The average Bonchev–Trinajstić information content (AvgIpc) is 2.48. The van der Waals surface area contributed by atoms with Gasteiger partial charge in [-0.25, -0.2) is 9.18 Å². The Bertz CT molecular complexity index is 670. The molecule has 0 aromatic heterocycles. The second kappa shape index (κ2) is 7.29. The highest BCUT2D eigenvalue weighted by Gasteiger charge is 2.28. The van der Waals surface area contributed by atoms with Crippen LogP contribution in [0.2, 0.25) is 0 Å². The van der Waals surface area contributed by atoms with Crippen LogP contribution >= 0.6 is 0 Å². The molecule has 6 nitrogen and oxygen atoms in total. The van der Waals surface area contributed by atoms with Crippen molar-refractivity contribution in [2.24, 2.45) is 0 Å². The van der Waals surface area contributed by atoms with Crippen LogP contribution in [0.4, 0.5) is 9.18 Å². The predicted octanol–water partition coefficient (Wildman–Crippen LogP) is 2.97. The molecule has 0 bridgehead atoms. The van der Waals surface area contributed by atoms with Crippen LogP contribution in [0.1, 0.15) is 49.5 Å². The number of aryl methyl sites for hydroxylation is 1. The highest BCUT2D eigenvalue weighted by Crippen LogP contribution is 2.23. The molecular formula is C18H25FN2O4. The number of halogens is 1. The van der Waals surface area contributed by atoms with Crippen molar-refractivity contribution in [1.82, 2.24) is 10.2 Å². The number of rotatable bonds is 2. The van der Waals surface area contributed by atoms with E-state index in [-0.39, 0.29) is 23.9 Å². The fourth-order valence-corrected chi connectivity index (χ4v) is 2.76. The summed E-state index contributed by atoms with van der Waals surface area (Å²) in [5.74, 6) is -1.39. The highest BCUT2D eigenvalue weighted by molar-refractivity contribution is 5.95. The molecule has 0 aliphatic carbocycles. The summed E-state index contributed by atoms with van der Waals surface area (Å²) in [6, 6.07) is 2.05. The lowest BCUT2D eigenvalue weighted by Crippen LogP contribution is -2.50. The van der Waals surface area contributed by atoms with E-state index in [1.807, 2.05) is 0 Å². The maximum atomic E-state index is 14.0. The van der Waals surface area contributed by atoms with Crippen molar-refractivity contribution in [1.29, 1.82) is 0 Å². The van der Waals surface area contributed by atoms with Gasteiger partial charge in [-0.1, -0.05) is 0 Å². The van der Waals surface area contributed by atoms with Crippen molar-refractivity contribution < 1.29 is 23.8 Å². The minimum absolute atomic E-state index is 0.0757. The van der Waals surface area contributed by atoms with Crippen molar-refractivity contribution in [3.05, 3.63) is 29.1 Å². The minimum Gasteiger partial charge on any atom is -0.508 e. The van der Waals surface area contributed by atoms with Gasteiger partial charge in [-0.2, -0.15) is 0 Å². The number of nitrogens with one attached hydrogen (secondary N) is 1. The van der Waals surface area contributed by atoms with E-state index in [2.05, 4.69) is 5.32 Å². The molecule has 1 fully saturated rings. The molecule has 2 rings (SSSR count). The first-order chi connectivity index (χ1) is 11.6. The zero-order valence-electron chi connectivity index (χ0n) is 15.1. The summed E-state index contributed by atoms with van der Waals surface area (Å²) in [5.41, 5.74) is -0.237. The van der Waals surface area contributed by atoms with Crippen molar-refractivity contribution >= 4 is 12.0 Å². The molecular weight excluding hydrogens is 327 g/mol. The van der Waals surface area contributed by atoms with Gasteiger partial charge in [-0.15, -0.1) is 0 Å². The van der Waals surface area contributed by atoms with Gasteiger partial charge in [-0.05, 0) is 52.2 Å². The van der Waals surface area contributed by atoms with E-state index in [1.165, 1.54) is 11.0 Å². The van der Waals surface area contributed by atoms with Crippen LogP contribution in [0.25, 0.3) is 0 Å². The average molecular weight is 352 g/mol. The van der Waals surface area contributed by atoms with Gasteiger partial charge in [0, 0.05) is 25.2 Å². The van der Waals surface area contributed by atoms with Crippen LogP contribution in [0.15, 0.2) is 12.1 Å². The monoisotopic (exact) mass is 352 g/mol. The van der Waals surface area contributed by atoms with Crippen LogP contribution in [-0.4, -0.2) is 46.7 Å². The van der Waals surface area contributed by atoms with Gasteiger partial charge >= 0.3 is 6.09 Å². The fraction of sp³-hybridized carbons (Fsp3) is 0.556. The van der Waals surface area contributed by atoms with Gasteiger partial charge in [0.15, 0.2) is 0 Å². The van der Waals surface area contributed by atoms with Crippen LogP contribution in [0, 0.1) is 12.7 Å². The smallest absolute Gasteiger partial charge is 0.407 e. The first kappa shape index (κ1) is 19.0. The Kier molecular flexibility index (Phi) is 5.55. The molecule has 25 heavy (non-hydrogen) atoms. The van der Waals surface area contributed by atoms with Gasteiger partial charge in [0.1, 0.15) is 17.2 Å². The summed E-state index contributed by atoms with van der Waals surface area (Å²) in [6.07, 6.45) is 0.892. The normalized spacial score (nSPS) is 18.0. The third-order valence-electron chi connectivity index (χ3n) is 3.95. The van der Waals surface area contributed by atoms with Crippen LogP contribution in [0.3, 0.4) is 0 Å². The predicted molar refractivity (Wildman–Crippen MR) is 91.1 cm³/mol.